The molecule has 1 heterocycles. The summed E-state index contributed by atoms with van der Waals surface area (Å²) >= 11 is 0. The summed E-state index contributed by atoms with van der Waals surface area (Å²) < 4.78 is 1.70. The first-order valence-corrected chi connectivity index (χ1v) is 8.49. The van der Waals surface area contributed by atoms with Gasteiger partial charge in [0.1, 0.15) is 0 Å². The van der Waals surface area contributed by atoms with E-state index in [1.165, 1.54) is 19.3 Å². The summed E-state index contributed by atoms with van der Waals surface area (Å²) in [5.41, 5.74) is 0.0592. The van der Waals surface area contributed by atoms with Crippen LogP contribution in [0.15, 0.2) is 12.4 Å². The van der Waals surface area contributed by atoms with E-state index in [0.717, 1.165) is 37.0 Å². The third kappa shape index (κ3) is 2.26. The Hall–Kier alpha value is -1.36. The van der Waals surface area contributed by atoms with E-state index in [2.05, 4.69) is 10.3 Å². The summed E-state index contributed by atoms with van der Waals surface area (Å²) in [6, 6.07) is 0. The Morgan fingerprint density at radius 1 is 1.36 bits per heavy atom. The van der Waals surface area contributed by atoms with Crippen molar-refractivity contribution in [2.45, 2.75) is 44.6 Å². The van der Waals surface area contributed by atoms with Crippen molar-refractivity contribution in [1.29, 1.82) is 0 Å². The molecule has 5 rings (SSSR count). The Labute approximate surface area is 131 Å². The van der Waals surface area contributed by atoms with Crippen LogP contribution in [0.2, 0.25) is 0 Å². The second kappa shape index (κ2) is 5.08. The maximum absolute atomic E-state index is 12.2. The molecule has 0 radical (unpaired) electrons. The van der Waals surface area contributed by atoms with Crippen LogP contribution in [-0.2, 0) is 7.05 Å². The highest BCUT2D eigenvalue weighted by atomic mass is 16.3. The molecule has 120 valence electrons. The van der Waals surface area contributed by atoms with Crippen molar-refractivity contribution in [3.05, 3.63) is 18.2 Å². The minimum Gasteiger partial charge on any atom is -0.391 e. The number of nitrogens with zero attached hydrogens (tertiary/aromatic N) is 2. The van der Waals surface area contributed by atoms with Gasteiger partial charge in [-0.2, -0.15) is 0 Å². The first kappa shape index (κ1) is 14.2. The normalized spacial score (nSPS) is 37.3. The molecule has 0 spiro atoms. The van der Waals surface area contributed by atoms with E-state index in [9.17, 15) is 9.90 Å². The molecule has 0 aromatic carbocycles. The third-order valence-electron chi connectivity index (χ3n) is 6.27. The van der Waals surface area contributed by atoms with Gasteiger partial charge in [0.25, 0.3) is 5.91 Å². The van der Waals surface area contributed by atoms with Gasteiger partial charge in [-0.05, 0) is 61.7 Å². The molecule has 4 aliphatic carbocycles. The summed E-state index contributed by atoms with van der Waals surface area (Å²) in [7, 11) is 1.80. The molecular weight excluding hydrogens is 278 g/mol. The van der Waals surface area contributed by atoms with Crippen LogP contribution in [0.5, 0.6) is 0 Å². The van der Waals surface area contributed by atoms with Gasteiger partial charge < -0.3 is 15.0 Å². The van der Waals surface area contributed by atoms with Crippen LogP contribution in [0, 0.1) is 23.2 Å². The number of aliphatic hydroxyl groups excluding tert-OH is 1. The highest BCUT2D eigenvalue weighted by Crippen LogP contribution is 2.61. The highest BCUT2D eigenvalue weighted by molar-refractivity contribution is 5.90. The molecule has 1 amide bonds. The molecule has 4 bridgehead atoms. The van der Waals surface area contributed by atoms with E-state index in [1.54, 1.807) is 24.0 Å². The molecule has 5 heteroatoms. The zero-order valence-electron chi connectivity index (χ0n) is 13.2. The Morgan fingerprint density at radius 2 is 1.95 bits per heavy atom. The molecule has 1 atom stereocenters. The number of aliphatic hydroxyl groups is 1. The number of nitrogens with one attached hydrogen (secondary N) is 1. The number of rotatable bonds is 4. The van der Waals surface area contributed by atoms with Crippen LogP contribution in [-0.4, -0.2) is 33.2 Å². The summed E-state index contributed by atoms with van der Waals surface area (Å²) in [6.45, 7) is 0.345. The predicted molar refractivity (Wildman–Crippen MR) is 82.2 cm³/mol. The number of aromatic nitrogens is 2. The van der Waals surface area contributed by atoms with Gasteiger partial charge in [0.05, 0.1) is 6.10 Å². The Morgan fingerprint density at radius 3 is 2.45 bits per heavy atom. The Balaban J connectivity index is 1.41. The summed E-state index contributed by atoms with van der Waals surface area (Å²) in [5, 5.41) is 13.7. The van der Waals surface area contributed by atoms with E-state index >= 15 is 0 Å². The lowest BCUT2D eigenvalue weighted by molar-refractivity contribution is -0.118. The van der Waals surface area contributed by atoms with Crippen LogP contribution < -0.4 is 5.32 Å². The number of imidazole rings is 1. The highest BCUT2D eigenvalue weighted by Gasteiger charge is 2.53. The van der Waals surface area contributed by atoms with E-state index in [0.29, 0.717) is 12.4 Å². The third-order valence-corrected chi connectivity index (χ3v) is 6.27. The second-order valence-corrected chi connectivity index (χ2v) is 7.87. The van der Waals surface area contributed by atoms with E-state index < -0.39 is 6.10 Å². The number of aryl methyl sites for hydroxylation is 1. The molecule has 22 heavy (non-hydrogen) atoms. The smallest absolute Gasteiger partial charge is 0.287 e. The lowest BCUT2D eigenvalue weighted by Gasteiger charge is -2.58. The van der Waals surface area contributed by atoms with Crippen molar-refractivity contribution in [1.82, 2.24) is 14.9 Å². The monoisotopic (exact) mass is 303 g/mol. The molecule has 1 unspecified atom stereocenters. The van der Waals surface area contributed by atoms with Gasteiger partial charge in [0.15, 0.2) is 5.82 Å². The molecule has 1 aromatic rings. The van der Waals surface area contributed by atoms with E-state index in [4.69, 9.17) is 0 Å². The number of amides is 1. The number of hydrogen-bond acceptors (Lipinski definition) is 3. The van der Waals surface area contributed by atoms with Crippen LogP contribution >= 0.6 is 0 Å². The number of hydrogen-bond donors (Lipinski definition) is 2. The standard InChI is InChI=1S/C17H25N3O2/c1-20-3-2-18-15(20)16(22)19-10-14(21)17-7-11-4-12(8-17)6-13(5-11)9-17/h2-3,11-14,21H,4-10H2,1H3,(H,19,22). The van der Waals surface area contributed by atoms with Crippen molar-refractivity contribution >= 4 is 5.91 Å². The van der Waals surface area contributed by atoms with Crippen molar-refractivity contribution in [3.8, 4) is 0 Å². The first-order valence-electron chi connectivity index (χ1n) is 8.49. The average Bonchev–Trinajstić information content (AvgIpc) is 2.89. The molecule has 0 aliphatic heterocycles. The fourth-order valence-electron chi connectivity index (χ4n) is 5.66. The fourth-order valence-corrected chi connectivity index (χ4v) is 5.66. The minimum atomic E-state index is -0.426. The summed E-state index contributed by atoms with van der Waals surface area (Å²) in [4.78, 5) is 16.2. The summed E-state index contributed by atoms with van der Waals surface area (Å²) in [6.07, 6.45) is 10.5. The zero-order chi connectivity index (χ0) is 15.3. The van der Waals surface area contributed by atoms with Gasteiger partial charge in [-0.1, -0.05) is 0 Å². The topological polar surface area (TPSA) is 67.2 Å². The van der Waals surface area contributed by atoms with Gasteiger partial charge in [0.2, 0.25) is 0 Å². The van der Waals surface area contributed by atoms with Crippen LogP contribution in [0.1, 0.15) is 49.1 Å². The van der Waals surface area contributed by atoms with E-state index in [-0.39, 0.29) is 11.3 Å². The molecule has 2 N–H and O–H groups in total. The quantitative estimate of drug-likeness (QED) is 0.890. The molecule has 4 fully saturated rings. The minimum absolute atomic E-state index is 0.0592. The van der Waals surface area contributed by atoms with Crippen LogP contribution in [0.25, 0.3) is 0 Å². The zero-order valence-corrected chi connectivity index (χ0v) is 13.2. The van der Waals surface area contributed by atoms with E-state index in [1.807, 2.05) is 0 Å². The molecule has 4 saturated carbocycles. The molecule has 0 saturated heterocycles. The lowest BCUT2D eigenvalue weighted by atomic mass is 9.48. The molecular formula is C17H25N3O2. The van der Waals surface area contributed by atoms with Crippen molar-refractivity contribution < 1.29 is 9.90 Å². The predicted octanol–water partition coefficient (Wildman–Crippen LogP) is 1.73. The van der Waals surface area contributed by atoms with Gasteiger partial charge in [-0.25, -0.2) is 4.98 Å². The van der Waals surface area contributed by atoms with Gasteiger partial charge >= 0.3 is 0 Å². The molecule has 1 aromatic heterocycles. The van der Waals surface area contributed by atoms with Crippen molar-refractivity contribution in [3.63, 3.8) is 0 Å². The maximum Gasteiger partial charge on any atom is 0.287 e. The van der Waals surface area contributed by atoms with Gasteiger partial charge in [-0.15, -0.1) is 0 Å². The lowest BCUT2D eigenvalue weighted by Crippen LogP contribution is -2.54. The maximum atomic E-state index is 12.2. The molecule has 4 aliphatic rings. The second-order valence-electron chi connectivity index (χ2n) is 7.87. The number of carbonyl (C=O) groups is 1. The Kier molecular flexibility index (Phi) is 3.29. The number of carbonyl (C=O) groups excluding carboxylic acids is 1. The van der Waals surface area contributed by atoms with Crippen LogP contribution in [0.4, 0.5) is 0 Å². The SMILES string of the molecule is Cn1ccnc1C(=O)NCC(O)C12CC3CC(CC(C3)C1)C2. The average molecular weight is 303 g/mol. The van der Waals surface area contributed by atoms with Crippen molar-refractivity contribution in [2.75, 3.05) is 6.54 Å². The summed E-state index contributed by atoms with van der Waals surface area (Å²) in [5.74, 6) is 2.64. The largest absolute Gasteiger partial charge is 0.391 e. The van der Waals surface area contributed by atoms with Gasteiger partial charge in [-0.3, -0.25) is 4.79 Å². The van der Waals surface area contributed by atoms with Crippen molar-refractivity contribution in [2.24, 2.45) is 30.2 Å². The Bertz CT molecular complexity index is 545. The molecule has 5 nitrogen and oxygen atoms in total. The van der Waals surface area contributed by atoms with Crippen LogP contribution in [0.3, 0.4) is 0 Å². The fraction of sp³-hybridized carbons (Fsp3) is 0.765. The first-order chi connectivity index (χ1) is 10.6. The van der Waals surface area contributed by atoms with Gasteiger partial charge in [0, 0.05) is 26.0 Å².